The van der Waals surface area contributed by atoms with Crippen molar-refractivity contribution < 1.29 is 14.6 Å². The predicted octanol–water partition coefficient (Wildman–Crippen LogP) is 1.19. The van der Waals surface area contributed by atoms with Crippen molar-refractivity contribution in [3.05, 3.63) is 73.3 Å². The Hall–Kier alpha value is -4.18. The van der Waals surface area contributed by atoms with E-state index in [0.29, 0.717) is 0 Å². The van der Waals surface area contributed by atoms with Crippen molar-refractivity contribution in [1.29, 1.82) is 0 Å². The largest absolute Gasteiger partial charge is 0.405 e. The molecule has 4 aromatic rings. The molecule has 0 saturated heterocycles. The molecule has 33 heavy (non-hydrogen) atoms. The van der Waals surface area contributed by atoms with Gasteiger partial charge >= 0.3 is 11.9 Å². The summed E-state index contributed by atoms with van der Waals surface area (Å²) in [6, 6.07) is 16.6. The zero-order chi connectivity index (χ0) is 23.0. The number of nitrogens with one attached hydrogen (secondary N) is 6. The van der Waals surface area contributed by atoms with Gasteiger partial charge in [0.05, 0.1) is 51.6 Å². The molecule has 8 N–H and O–H groups in total. The number of aromatic amines is 1. The zero-order valence-corrected chi connectivity index (χ0v) is 19.3. The zero-order valence-electron chi connectivity index (χ0n) is 19.3. The molecule has 0 radical (unpaired) electrons. The number of benzene rings is 2. The van der Waals surface area contributed by atoms with Gasteiger partial charge in [-0.15, -0.1) is 5.43 Å². The quantitative estimate of drug-likeness (QED) is 0.0613. The van der Waals surface area contributed by atoms with E-state index in [0.717, 1.165) is 47.7 Å². The van der Waals surface area contributed by atoms with Crippen LogP contribution in [0, 0.1) is 0 Å². The highest BCUT2D eigenvalue weighted by molar-refractivity contribution is 5.55. The van der Waals surface area contributed by atoms with Gasteiger partial charge in [-0.25, -0.2) is 18.7 Å². The fourth-order valence-corrected chi connectivity index (χ4v) is 3.38. The van der Waals surface area contributed by atoms with Gasteiger partial charge in [-0.1, -0.05) is 0 Å². The maximum Gasteiger partial charge on any atom is 0.405 e. The van der Waals surface area contributed by atoms with Crippen LogP contribution in [-0.2, 0) is 21.1 Å². The number of imidazole rings is 2. The number of quaternary nitrogens is 1. The van der Waals surface area contributed by atoms with Crippen LogP contribution in [0.4, 0.5) is 34.6 Å². The SMILES string of the molecule is Cn1cc[n+](C)c1N[NH2+]c1ccc(NCCNc2ccc(NNc3[nH]cc[n+]3C)cc2)cc1. The number of hydrogen-bond donors (Lipinski definition) is 7. The van der Waals surface area contributed by atoms with Gasteiger partial charge in [-0.2, -0.15) is 10.9 Å². The van der Waals surface area contributed by atoms with Gasteiger partial charge in [-0.05, 0) is 36.4 Å². The molecule has 0 aliphatic carbocycles. The minimum atomic E-state index is 0.822. The van der Waals surface area contributed by atoms with E-state index in [1.54, 1.807) is 0 Å². The minimum absolute atomic E-state index is 0.822. The van der Waals surface area contributed by atoms with Crippen LogP contribution in [0.15, 0.2) is 73.3 Å². The lowest BCUT2D eigenvalue weighted by molar-refractivity contribution is -0.670. The van der Waals surface area contributed by atoms with Gasteiger partial charge in [0.1, 0.15) is 0 Å². The second-order valence-corrected chi connectivity index (χ2v) is 7.85. The van der Waals surface area contributed by atoms with E-state index in [1.165, 1.54) is 0 Å². The van der Waals surface area contributed by atoms with Crippen LogP contribution in [-0.4, -0.2) is 22.6 Å². The number of nitrogens with two attached hydrogens (primary N) is 1. The average molecular weight is 450 g/mol. The molecule has 0 saturated carbocycles. The van der Waals surface area contributed by atoms with Crippen LogP contribution in [0.3, 0.4) is 0 Å². The van der Waals surface area contributed by atoms with Crippen LogP contribution >= 0.6 is 0 Å². The maximum absolute atomic E-state index is 3.45. The Labute approximate surface area is 193 Å². The van der Waals surface area contributed by atoms with Gasteiger partial charge in [0.2, 0.25) is 0 Å². The van der Waals surface area contributed by atoms with Crippen molar-refractivity contribution in [2.24, 2.45) is 21.1 Å². The first-order valence-electron chi connectivity index (χ1n) is 10.9. The van der Waals surface area contributed by atoms with E-state index in [-0.39, 0.29) is 0 Å². The summed E-state index contributed by atoms with van der Waals surface area (Å²) in [5, 5.41) is 6.89. The highest BCUT2D eigenvalue weighted by Crippen LogP contribution is 2.14. The molecule has 10 heteroatoms. The first-order valence-corrected chi connectivity index (χ1v) is 10.9. The summed E-state index contributed by atoms with van der Waals surface area (Å²) in [7, 11) is 6.01. The highest BCUT2D eigenvalue weighted by Gasteiger charge is 2.12. The first-order chi connectivity index (χ1) is 16.1. The Bertz CT molecular complexity index is 1130. The summed E-state index contributed by atoms with van der Waals surface area (Å²) in [6.07, 6.45) is 7.86. The van der Waals surface area contributed by atoms with Crippen LogP contribution in [0.5, 0.6) is 0 Å². The van der Waals surface area contributed by atoms with Crippen molar-refractivity contribution in [3.63, 3.8) is 0 Å². The summed E-state index contributed by atoms with van der Waals surface area (Å²) in [5.41, 5.74) is 16.0. The van der Waals surface area contributed by atoms with Gasteiger partial charge in [0.25, 0.3) is 0 Å². The predicted molar refractivity (Wildman–Crippen MR) is 131 cm³/mol. The molecule has 172 valence electrons. The molecule has 0 aliphatic rings. The average Bonchev–Trinajstić information content (AvgIpc) is 3.39. The molecule has 2 aromatic carbocycles. The van der Waals surface area contributed by atoms with Crippen LogP contribution < -0.4 is 41.5 Å². The smallest absolute Gasteiger partial charge is 0.383 e. The third-order valence-corrected chi connectivity index (χ3v) is 5.32. The van der Waals surface area contributed by atoms with Crippen LogP contribution in [0.1, 0.15) is 0 Å². The summed E-state index contributed by atoms with van der Waals surface area (Å²) in [6.45, 7) is 1.65. The van der Waals surface area contributed by atoms with E-state index >= 15 is 0 Å². The molecule has 4 rings (SSSR count). The molecule has 0 atom stereocenters. The Morgan fingerprint density at radius 3 is 2.03 bits per heavy atom. The molecule has 0 spiro atoms. The minimum Gasteiger partial charge on any atom is -0.383 e. The second kappa shape index (κ2) is 10.4. The van der Waals surface area contributed by atoms with Crippen LogP contribution in [0.2, 0.25) is 0 Å². The maximum atomic E-state index is 3.45. The van der Waals surface area contributed by atoms with E-state index in [2.05, 4.69) is 68.3 Å². The molecule has 0 amide bonds. The highest BCUT2D eigenvalue weighted by atomic mass is 15.4. The molecule has 0 bridgehead atoms. The van der Waals surface area contributed by atoms with E-state index in [4.69, 9.17) is 0 Å². The number of nitrogen functional groups attached to an aromatic ring is 1. The van der Waals surface area contributed by atoms with Gasteiger partial charge in [0.15, 0.2) is 5.69 Å². The molecular weight excluding hydrogens is 416 g/mol. The standard InChI is InChI=1S/C23H30N10/c1-31-15-14-26-22(31)29-27-20-8-4-18(5-9-20)24-12-13-25-19-6-10-21(11-7-19)28-30-23-32(2)16-17-33(23)3/h4-11,14-17,24-25,27-28H,12-13H2,1-3H3,(H,26,29)/p+3. The number of hydrogen-bond acceptors (Lipinski definition) is 5. The summed E-state index contributed by atoms with van der Waals surface area (Å²) in [5.74, 6) is 1.91. The lowest BCUT2D eigenvalue weighted by Crippen LogP contribution is -2.83. The summed E-state index contributed by atoms with van der Waals surface area (Å²) in [4.78, 5) is 3.12. The Balaban J connectivity index is 1.16. The monoisotopic (exact) mass is 449 g/mol. The van der Waals surface area contributed by atoms with E-state index in [9.17, 15) is 0 Å². The summed E-state index contributed by atoms with van der Waals surface area (Å²) >= 11 is 0. The molecule has 0 unspecified atom stereocenters. The molecule has 0 aliphatic heterocycles. The van der Waals surface area contributed by atoms with Gasteiger partial charge < -0.3 is 10.6 Å². The van der Waals surface area contributed by atoms with E-state index < -0.39 is 0 Å². The third-order valence-electron chi connectivity index (χ3n) is 5.32. The van der Waals surface area contributed by atoms with Crippen molar-refractivity contribution >= 4 is 34.6 Å². The summed E-state index contributed by atoms with van der Waals surface area (Å²) < 4.78 is 6.05. The molecule has 2 aromatic heterocycles. The Morgan fingerprint density at radius 1 is 0.818 bits per heavy atom. The molecule has 10 nitrogen and oxygen atoms in total. The first kappa shape index (κ1) is 22.0. The molecule has 2 heterocycles. The lowest BCUT2D eigenvalue weighted by atomic mass is 10.2. The fraction of sp³-hybridized carbons (Fsp3) is 0.217. The van der Waals surface area contributed by atoms with Crippen molar-refractivity contribution in [3.8, 4) is 0 Å². The molecule has 0 fully saturated rings. The Kier molecular flexibility index (Phi) is 6.96. The number of hydrazine groups is 1. The second-order valence-electron chi connectivity index (χ2n) is 7.85. The number of nitrogens with zero attached hydrogens (tertiary/aromatic N) is 3. The topological polar surface area (TPSA) is 105 Å². The van der Waals surface area contributed by atoms with Gasteiger partial charge in [-0.3, -0.25) is 5.43 Å². The number of aromatic nitrogens is 4. The van der Waals surface area contributed by atoms with Crippen molar-refractivity contribution in [2.75, 3.05) is 40.0 Å². The fourth-order valence-electron chi connectivity index (χ4n) is 3.38. The normalized spacial score (nSPS) is 10.6. The number of anilines is 5. The molecular formula is C23H33N10+3. The third kappa shape index (κ3) is 5.95. The van der Waals surface area contributed by atoms with Crippen molar-refractivity contribution in [2.45, 2.75) is 0 Å². The van der Waals surface area contributed by atoms with E-state index in [1.807, 2.05) is 77.2 Å². The van der Waals surface area contributed by atoms with Crippen molar-refractivity contribution in [1.82, 2.24) is 9.55 Å². The number of rotatable bonds is 11. The lowest BCUT2D eigenvalue weighted by Gasteiger charge is -2.10. The number of H-pyrrole nitrogens is 1. The van der Waals surface area contributed by atoms with Gasteiger partial charge in [0, 0.05) is 36.6 Å². The Morgan fingerprint density at radius 2 is 1.45 bits per heavy atom. The van der Waals surface area contributed by atoms with Crippen LogP contribution in [0.25, 0.3) is 0 Å². The number of aryl methyl sites for hydroxylation is 3.